The summed E-state index contributed by atoms with van der Waals surface area (Å²) in [6, 6.07) is 15.1. The maximum absolute atomic E-state index is 12.9. The Bertz CT molecular complexity index is 1180. The highest BCUT2D eigenvalue weighted by molar-refractivity contribution is 7.15. The number of ether oxygens (including phenoxy) is 2. The predicted octanol–water partition coefficient (Wildman–Crippen LogP) is 2.38. The van der Waals surface area contributed by atoms with E-state index < -0.39 is 0 Å². The SMILES string of the molecule is COc1ccc(-c2nnc3s/c(=C\c4ccccc4)c(=O)n23)cc1OC. The Balaban J connectivity index is 1.88. The molecule has 26 heavy (non-hydrogen) atoms. The third-order valence-electron chi connectivity index (χ3n) is 3.99. The molecule has 6 nitrogen and oxygen atoms in total. The molecule has 7 heteroatoms. The van der Waals surface area contributed by atoms with Crippen molar-refractivity contribution in [3.05, 3.63) is 69.0 Å². The molecule has 0 bridgehead atoms. The molecule has 0 spiro atoms. The zero-order chi connectivity index (χ0) is 18.1. The van der Waals surface area contributed by atoms with Crippen molar-refractivity contribution in [1.82, 2.24) is 14.6 Å². The fraction of sp³-hybridized carbons (Fsp3) is 0.105. The molecule has 0 aliphatic rings. The third kappa shape index (κ3) is 2.72. The molecule has 0 aliphatic heterocycles. The van der Waals surface area contributed by atoms with Crippen LogP contribution in [0.1, 0.15) is 5.56 Å². The van der Waals surface area contributed by atoms with Gasteiger partial charge in [-0.2, -0.15) is 0 Å². The van der Waals surface area contributed by atoms with Gasteiger partial charge >= 0.3 is 0 Å². The molecule has 0 unspecified atom stereocenters. The largest absolute Gasteiger partial charge is 0.493 e. The van der Waals surface area contributed by atoms with E-state index in [4.69, 9.17) is 9.47 Å². The van der Waals surface area contributed by atoms with Gasteiger partial charge in [-0.1, -0.05) is 41.7 Å². The van der Waals surface area contributed by atoms with E-state index in [0.29, 0.717) is 26.8 Å². The maximum atomic E-state index is 12.9. The van der Waals surface area contributed by atoms with Gasteiger partial charge in [-0.25, -0.2) is 4.40 Å². The van der Waals surface area contributed by atoms with Gasteiger partial charge < -0.3 is 9.47 Å². The van der Waals surface area contributed by atoms with Gasteiger partial charge in [0.15, 0.2) is 17.3 Å². The van der Waals surface area contributed by atoms with Crippen molar-refractivity contribution in [3.63, 3.8) is 0 Å². The molecular weight excluding hydrogens is 350 g/mol. The maximum Gasteiger partial charge on any atom is 0.276 e. The summed E-state index contributed by atoms with van der Waals surface area (Å²) in [5.74, 6) is 1.66. The molecule has 0 saturated heterocycles. The molecule has 0 amide bonds. The lowest BCUT2D eigenvalue weighted by atomic mass is 10.2. The van der Waals surface area contributed by atoms with Gasteiger partial charge in [0.05, 0.1) is 18.8 Å². The summed E-state index contributed by atoms with van der Waals surface area (Å²) >= 11 is 1.32. The Morgan fingerprint density at radius 3 is 2.50 bits per heavy atom. The van der Waals surface area contributed by atoms with Gasteiger partial charge in [-0.05, 0) is 29.8 Å². The van der Waals surface area contributed by atoms with E-state index >= 15 is 0 Å². The van der Waals surface area contributed by atoms with Crippen molar-refractivity contribution >= 4 is 22.4 Å². The lowest BCUT2D eigenvalue weighted by Gasteiger charge is -2.08. The molecule has 2 aromatic carbocycles. The molecule has 2 heterocycles. The topological polar surface area (TPSA) is 65.7 Å². The lowest BCUT2D eigenvalue weighted by molar-refractivity contribution is 0.355. The Hall–Kier alpha value is -3.19. The fourth-order valence-corrected chi connectivity index (χ4v) is 3.64. The van der Waals surface area contributed by atoms with Crippen LogP contribution in [0, 0.1) is 0 Å². The average molecular weight is 365 g/mol. The van der Waals surface area contributed by atoms with Crippen molar-refractivity contribution in [2.75, 3.05) is 14.2 Å². The summed E-state index contributed by atoms with van der Waals surface area (Å²) in [5, 5.41) is 8.33. The number of rotatable bonds is 4. The van der Waals surface area contributed by atoms with E-state index in [0.717, 1.165) is 11.1 Å². The quantitative estimate of drug-likeness (QED) is 0.556. The van der Waals surface area contributed by atoms with Crippen LogP contribution in [0.3, 0.4) is 0 Å². The first-order valence-corrected chi connectivity index (χ1v) is 8.70. The predicted molar refractivity (Wildman–Crippen MR) is 101 cm³/mol. The second kappa shape index (κ2) is 6.61. The van der Waals surface area contributed by atoms with Gasteiger partial charge in [0, 0.05) is 5.56 Å². The number of benzene rings is 2. The van der Waals surface area contributed by atoms with Crippen molar-refractivity contribution < 1.29 is 9.47 Å². The van der Waals surface area contributed by atoms with Crippen LogP contribution in [0.5, 0.6) is 11.5 Å². The Labute approximate surface area is 153 Å². The van der Waals surface area contributed by atoms with Gasteiger partial charge in [-0.15, -0.1) is 10.2 Å². The van der Waals surface area contributed by atoms with Gasteiger partial charge in [0.2, 0.25) is 4.96 Å². The number of aromatic nitrogens is 3. The van der Waals surface area contributed by atoms with E-state index in [1.54, 1.807) is 26.4 Å². The van der Waals surface area contributed by atoms with Crippen LogP contribution in [0.15, 0.2) is 53.3 Å². The molecule has 0 N–H and O–H groups in total. The molecular formula is C19H15N3O3S. The van der Waals surface area contributed by atoms with Crippen LogP contribution < -0.4 is 19.6 Å². The van der Waals surface area contributed by atoms with Gasteiger partial charge in [-0.3, -0.25) is 4.79 Å². The molecule has 0 aliphatic carbocycles. The van der Waals surface area contributed by atoms with Crippen LogP contribution in [0.4, 0.5) is 0 Å². The summed E-state index contributed by atoms with van der Waals surface area (Å²) in [6.07, 6.45) is 1.86. The van der Waals surface area contributed by atoms with Gasteiger partial charge in [0.25, 0.3) is 5.56 Å². The molecule has 4 aromatic rings. The van der Waals surface area contributed by atoms with Crippen LogP contribution in [-0.4, -0.2) is 28.8 Å². The minimum Gasteiger partial charge on any atom is -0.493 e. The minimum absolute atomic E-state index is 0.136. The average Bonchev–Trinajstić information content (AvgIpc) is 3.22. The minimum atomic E-state index is -0.136. The Morgan fingerprint density at radius 1 is 1.00 bits per heavy atom. The number of fused-ring (bicyclic) bond motifs is 1. The fourth-order valence-electron chi connectivity index (χ4n) is 2.73. The van der Waals surface area contributed by atoms with Crippen LogP contribution in [-0.2, 0) is 0 Å². The Morgan fingerprint density at radius 2 is 1.77 bits per heavy atom. The van der Waals surface area contributed by atoms with E-state index in [2.05, 4.69) is 10.2 Å². The summed E-state index contributed by atoms with van der Waals surface area (Å²) < 4.78 is 12.7. The van der Waals surface area contributed by atoms with E-state index in [-0.39, 0.29) is 5.56 Å². The number of hydrogen-bond acceptors (Lipinski definition) is 6. The zero-order valence-corrected chi connectivity index (χ0v) is 15.0. The highest BCUT2D eigenvalue weighted by Crippen LogP contribution is 2.31. The van der Waals surface area contributed by atoms with Crippen LogP contribution in [0.25, 0.3) is 22.4 Å². The van der Waals surface area contributed by atoms with Crippen molar-refractivity contribution in [3.8, 4) is 22.9 Å². The van der Waals surface area contributed by atoms with E-state index in [1.807, 2.05) is 42.5 Å². The monoisotopic (exact) mass is 365 g/mol. The number of hydrogen-bond donors (Lipinski definition) is 0. The smallest absolute Gasteiger partial charge is 0.276 e. The lowest BCUT2D eigenvalue weighted by Crippen LogP contribution is -2.23. The normalized spacial score (nSPS) is 11.8. The molecule has 130 valence electrons. The van der Waals surface area contributed by atoms with Crippen molar-refractivity contribution in [1.29, 1.82) is 0 Å². The van der Waals surface area contributed by atoms with Gasteiger partial charge in [0.1, 0.15) is 0 Å². The molecule has 0 saturated carbocycles. The Kier molecular flexibility index (Phi) is 4.14. The summed E-state index contributed by atoms with van der Waals surface area (Å²) in [5.41, 5.74) is 1.56. The number of thiazole rings is 1. The highest BCUT2D eigenvalue weighted by atomic mass is 32.1. The molecule has 4 rings (SSSR count). The molecule has 0 fully saturated rings. The van der Waals surface area contributed by atoms with Crippen molar-refractivity contribution in [2.24, 2.45) is 0 Å². The second-order valence-corrected chi connectivity index (χ2v) is 6.55. The summed E-state index contributed by atoms with van der Waals surface area (Å²) in [6.45, 7) is 0. The molecule has 2 aromatic heterocycles. The second-order valence-electron chi connectivity index (χ2n) is 5.54. The number of nitrogens with zero attached hydrogens (tertiary/aromatic N) is 3. The standard InChI is InChI=1S/C19H15N3O3S/c1-24-14-9-8-13(11-15(14)25-2)17-20-21-19-22(17)18(23)16(26-19)10-12-6-4-3-5-7-12/h3-11H,1-2H3/b16-10-. The summed E-state index contributed by atoms with van der Waals surface area (Å²) in [7, 11) is 3.14. The first-order chi connectivity index (χ1) is 12.7. The van der Waals surface area contributed by atoms with Crippen LogP contribution >= 0.6 is 11.3 Å². The first-order valence-electron chi connectivity index (χ1n) is 7.88. The highest BCUT2D eigenvalue weighted by Gasteiger charge is 2.16. The first kappa shape index (κ1) is 16.3. The van der Waals surface area contributed by atoms with E-state index in [1.165, 1.54) is 15.7 Å². The van der Waals surface area contributed by atoms with E-state index in [9.17, 15) is 4.79 Å². The zero-order valence-electron chi connectivity index (χ0n) is 14.2. The number of methoxy groups -OCH3 is 2. The molecule has 0 radical (unpaired) electrons. The van der Waals surface area contributed by atoms with Crippen LogP contribution in [0.2, 0.25) is 0 Å². The third-order valence-corrected chi connectivity index (χ3v) is 4.95. The summed E-state index contributed by atoms with van der Waals surface area (Å²) in [4.78, 5) is 13.4. The van der Waals surface area contributed by atoms with Crippen molar-refractivity contribution in [2.45, 2.75) is 0 Å². The molecule has 0 atom stereocenters.